The van der Waals surface area contributed by atoms with Gasteiger partial charge in [0.15, 0.2) is 0 Å². The molecule has 0 aromatic heterocycles. The molecule has 0 radical (unpaired) electrons. The van der Waals surface area contributed by atoms with Crippen molar-refractivity contribution in [2.75, 3.05) is 19.8 Å². The maximum Gasteiger partial charge on any atom is 0.418 e. The molecule has 0 saturated carbocycles. The Morgan fingerprint density at radius 2 is 1.90 bits per heavy atom. The van der Waals surface area contributed by atoms with Gasteiger partial charge in [-0.05, 0) is 18.6 Å². The van der Waals surface area contributed by atoms with Gasteiger partial charge in [-0.2, -0.15) is 13.5 Å². The van der Waals surface area contributed by atoms with Crippen molar-refractivity contribution in [2.45, 2.75) is 18.5 Å². The van der Waals surface area contributed by atoms with Crippen molar-refractivity contribution in [1.82, 2.24) is 20.8 Å². The average Bonchev–Trinajstić information content (AvgIpc) is 2.91. The first kappa shape index (κ1) is 19.6. The molecule has 2 bridgehead atoms. The highest BCUT2D eigenvalue weighted by molar-refractivity contribution is 7.80. The number of hydrazine groups is 1. The van der Waals surface area contributed by atoms with Gasteiger partial charge in [-0.3, -0.25) is 25.0 Å². The second kappa shape index (κ2) is 6.95. The van der Waals surface area contributed by atoms with Gasteiger partial charge in [0.2, 0.25) is 0 Å². The number of hydrogen-bond acceptors (Lipinski definition) is 7. The predicted octanol–water partition coefficient (Wildman–Crippen LogP) is -0.923. The van der Waals surface area contributed by atoms with E-state index in [0.717, 1.165) is 4.90 Å². The first-order valence-corrected chi connectivity index (χ1v) is 10.1. The first-order valence-electron chi connectivity index (χ1n) is 8.70. The van der Waals surface area contributed by atoms with Crippen LogP contribution in [0.15, 0.2) is 30.3 Å². The normalized spacial score (nSPS) is 24.9. The van der Waals surface area contributed by atoms with Crippen LogP contribution in [0.1, 0.15) is 16.8 Å². The zero-order chi connectivity index (χ0) is 20.8. The number of rotatable bonds is 4. The van der Waals surface area contributed by atoms with E-state index in [9.17, 15) is 22.8 Å². The summed E-state index contributed by atoms with van der Waals surface area (Å²) in [6, 6.07) is 5.68. The largest absolute Gasteiger partial charge is 0.418 e. The van der Waals surface area contributed by atoms with Crippen molar-refractivity contribution in [1.29, 1.82) is 0 Å². The minimum absolute atomic E-state index is 0.0163. The number of carbonyl (C=O) groups excluding carboxylic acids is 3. The third-order valence-electron chi connectivity index (χ3n) is 5.36. The van der Waals surface area contributed by atoms with E-state index in [1.165, 1.54) is 0 Å². The van der Waals surface area contributed by atoms with Gasteiger partial charge in [0, 0.05) is 17.5 Å². The molecule has 3 aliphatic rings. The summed E-state index contributed by atoms with van der Waals surface area (Å²) < 4.78 is 40.9. The summed E-state index contributed by atoms with van der Waals surface area (Å²) >= 11 is 0. The monoisotopic (exact) mass is 426 g/mol. The van der Waals surface area contributed by atoms with Crippen LogP contribution in [0.2, 0.25) is 0 Å². The Labute approximate surface area is 165 Å². The van der Waals surface area contributed by atoms with Gasteiger partial charge < -0.3 is 9.64 Å². The Morgan fingerprint density at radius 1 is 1.21 bits per heavy atom. The fourth-order valence-corrected chi connectivity index (χ4v) is 4.26. The summed E-state index contributed by atoms with van der Waals surface area (Å²) in [5, 5.41) is 0.577. The van der Waals surface area contributed by atoms with Crippen molar-refractivity contribution in [3.8, 4) is 0 Å². The van der Waals surface area contributed by atoms with Crippen LogP contribution in [0, 0.1) is 5.41 Å². The molecular formula is C16H18N4O8S. The van der Waals surface area contributed by atoms with Gasteiger partial charge >= 0.3 is 16.4 Å². The number of fused-ring (bicyclic) bond motifs is 3. The maximum atomic E-state index is 12.7. The topological polar surface area (TPSA) is 155 Å². The molecule has 29 heavy (non-hydrogen) atoms. The van der Waals surface area contributed by atoms with Gasteiger partial charge in [0.1, 0.15) is 6.04 Å². The first-order chi connectivity index (χ1) is 13.7. The molecule has 3 fully saturated rings. The lowest BCUT2D eigenvalue weighted by molar-refractivity contribution is -0.192. The molecule has 4 rings (SSSR count). The van der Waals surface area contributed by atoms with Crippen LogP contribution in [-0.2, 0) is 24.2 Å². The molecule has 3 saturated heterocycles. The fourth-order valence-electron chi connectivity index (χ4n) is 3.89. The lowest BCUT2D eigenvalue weighted by atomic mass is 9.71. The van der Waals surface area contributed by atoms with Crippen molar-refractivity contribution < 1.29 is 36.4 Å². The fraction of sp³-hybridized carbons (Fsp3) is 0.438. The highest BCUT2D eigenvalue weighted by Crippen LogP contribution is 2.47. The average molecular weight is 426 g/mol. The molecule has 13 heteroatoms. The molecule has 4 amide bonds. The van der Waals surface area contributed by atoms with Crippen molar-refractivity contribution in [2.24, 2.45) is 5.41 Å². The molecule has 3 aliphatic heterocycles. The number of piperidine rings is 1. The van der Waals surface area contributed by atoms with Gasteiger partial charge in [0.25, 0.3) is 11.8 Å². The van der Waals surface area contributed by atoms with E-state index in [4.69, 9.17) is 9.29 Å². The van der Waals surface area contributed by atoms with Gasteiger partial charge in [-0.1, -0.05) is 18.2 Å². The number of nitrogens with one attached hydrogen (secondary N) is 2. The summed E-state index contributed by atoms with van der Waals surface area (Å²) in [4.78, 5) is 38.6. The zero-order valence-corrected chi connectivity index (χ0v) is 15.8. The van der Waals surface area contributed by atoms with Crippen LogP contribution >= 0.6 is 0 Å². The molecule has 3 heterocycles. The summed E-state index contributed by atoms with van der Waals surface area (Å²) in [6.07, 6.45) is 0.182. The van der Waals surface area contributed by atoms with E-state index >= 15 is 0 Å². The SMILES string of the molecule is O=C(NNC(=O)[C@@H]1CC2(COC2)[C@@H]2CN1C(=O)N2OS(=O)(=O)O)c1ccccc1. The van der Waals surface area contributed by atoms with E-state index in [1.807, 2.05) is 0 Å². The molecule has 12 nitrogen and oxygen atoms in total. The number of hydroxylamine groups is 2. The van der Waals surface area contributed by atoms with Gasteiger partial charge in [-0.25, -0.2) is 4.79 Å². The van der Waals surface area contributed by atoms with E-state index in [-0.39, 0.29) is 26.2 Å². The Bertz CT molecular complexity index is 949. The molecular weight excluding hydrogens is 408 g/mol. The number of nitrogens with zero attached hydrogens (tertiary/aromatic N) is 2. The second-order valence-electron chi connectivity index (χ2n) is 7.16. The number of hydrogen-bond donors (Lipinski definition) is 3. The smallest absolute Gasteiger partial charge is 0.380 e. The molecule has 3 N–H and O–H groups in total. The summed E-state index contributed by atoms with van der Waals surface area (Å²) in [7, 11) is -4.92. The molecule has 1 aromatic carbocycles. The Hall–Kier alpha value is -2.74. The summed E-state index contributed by atoms with van der Waals surface area (Å²) in [5.74, 6) is -1.17. The number of amides is 4. The lowest BCUT2D eigenvalue weighted by Crippen LogP contribution is -2.64. The standard InChI is InChI=1S/C16H18N4O8S/c21-13(10-4-2-1-3-5-10)17-18-14(22)11-6-16(8-27-9-16)12-7-19(11)15(23)20(12)28-29(24,25)26/h1-5,11-12H,6-9H2,(H,17,21)(H,18,22)(H,24,25,26)/t11-,12-/m0/s1. The Kier molecular flexibility index (Phi) is 4.69. The zero-order valence-electron chi connectivity index (χ0n) is 15.0. The quantitative estimate of drug-likeness (QED) is 0.412. The lowest BCUT2D eigenvalue weighted by Gasteiger charge is -2.50. The Balaban J connectivity index is 1.49. The van der Waals surface area contributed by atoms with E-state index < -0.39 is 45.7 Å². The summed E-state index contributed by atoms with van der Waals surface area (Å²) in [6.45, 7) is 0.414. The van der Waals surface area contributed by atoms with Crippen LogP contribution in [0.4, 0.5) is 4.79 Å². The number of urea groups is 1. The van der Waals surface area contributed by atoms with Crippen LogP contribution in [0.5, 0.6) is 0 Å². The van der Waals surface area contributed by atoms with Crippen molar-refractivity contribution >= 4 is 28.2 Å². The third-order valence-corrected chi connectivity index (χ3v) is 5.71. The molecule has 2 atom stereocenters. The molecule has 156 valence electrons. The van der Waals surface area contributed by atoms with Gasteiger partial charge in [0.05, 0.1) is 19.3 Å². The number of ether oxygens (including phenoxy) is 1. The van der Waals surface area contributed by atoms with Gasteiger partial charge in [-0.15, -0.1) is 4.28 Å². The van der Waals surface area contributed by atoms with Crippen LogP contribution in [-0.4, -0.2) is 72.6 Å². The maximum absolute atomic E-state index is 12.7. The minimum Gasteiger partial charge on any atom is -0.380 e. The highest BCUT2D eigenvalue weighted by Gasteiger charge is 2.63. The molecule has 1 aromatic rings. The van der Waals surface area contributed by atoms with E-state index in [0.29, 0.717) is 10.6 Å². The van der Waals surface area contributed by atoms with Crippen LogP contribution < -0.4 is 10.9 Å². The van der Waals surface area contributed by atoms with Crippen molar-refractivity contribution in [3.63, 3.8) is 0 Å². The molecule has 0 unspecified atom stereocenters. The molecule has 1 spiro atoms. The van der Waals surface area contributed by atoms with Crippen LogP contribution in [0.3, 0.4) is 0 Å². The second-order valence-corrected chi connectivity index (χ2v) is 8.17. The minimum atomic E-state index is -4.92. The number of carbonyl (C=O) groups is 3. The third kappa shape index (κ3) is 3.53. The highest BCUT2D eigenvalue weighted by atomic mass is 32.3. The molecule has 0 aliphatic carbocycles. The predicted molar refractivity (Wildman–Crippen MR) is 94.1 cm³/mol. The van der Waals surface area contributed by atoms with E-state index in [2.05, 4.69) is 15.1 Å². The number of benzene rings is 1. The Morgan fingerprint density at radius 3 is 2.48 bits per heavy atom. The van der Waals surface area contributed by atoms with Crippen molar-refractivity contribution in [3.05, 3.63) is 35.9 Å². The van der Waals surface area contributed by atoms with E-state index in [1.54, 1.807) is 30.3 Å². The van der Waals surface area contributed by atoms with Crippen LogP contribution in [0.25, 0.3) is 0 Å². The summed E-state index contributed by atoms with van der Waals surface area (Å²) in [5.41, 5.74) is 4.24.